The Bertz CT molecular complexity index is 551. The Morgan fingerprint density at radius 1 is 1.45 bits per heavy atom. The number of nitrogens with one attached hydrogen (secondary N) is 1. The number of β-amino-alcohol motifs (C(OH)–C–C–N with tert-alkyl or cyclic N) is 1. The molecule has 1 saturated heterocycles. The molecule has 1 atom stereocenters. The standard InChI is InChI=1S/C13H14F4N2O3/c14-8-1-2-11(22-7-13(15,16)17)10(5-8)18-12(21)19-4-3-9(20)6-19/h1-2,5,9,20H,3-4,6-7H2,(H,18,21)/t9-/m0/s1. The molecule has 122 valence electrons. The van der Waals surface area contributed by atoms with Crippen molar-refractivity contribution in [2.75, 3.05) is 25.0 Å². The molecule has 1 aliphatic heterocycles. The molecule has 1 heterocycles. The van der Waals surface area contributed by atoms with Crippen LogP contribution in [0.3, 0.4) is 0 Å². The van der Waals surface area contributed by atoms with Crippen molar-refractivity contribution in [3.63, 3.8) is 0 Å². The van der Waals surface area contributed by atoms with Crippen molar-refractivity contribution >= 4 is 11.7 Å². The number of aliphatic hydroxyl groups is 1. The number of carbonyl (C=O) groups excluding carboxylic acids is 1. The number of carbonyl (C=O) groups is 1. The van der Waals surface area contributed by atoms with Gasteiger partial charge in [-0.1, -0.05) is 0 Å². The van der Waals surface area contributed by atoms with Crippen LogP contribution >= 0.6 is 0 Å². The van der Waals surface area contributed by atoms with E-state index >= 15 is 0 Å². The highest BCUT2D eigenvalue weighted by atomic mass is 19.4. The molecule has 1 aromatic rings. The van der Waals surface area contributed by atoms with Gasteiger partial charge in [0.15, 0.2) is 6.61 Å². The van der Waals surface area contributed by atoms with Gasteiger partial charge in [0.1, 0.15) is 11.6 Å². The highest BCUT2D eigenvalue weighted by Gasteiger charge is 2.29. The van der Waals surface area contributed by atoms with Gasteiger partial charge in [0.05, 0.1) is 11.8 Å². The number of halogens is 4. The van der Waals surface area contributed by atoms with E-state index < -0.39 is 30.7 Å². The van der Waals surface area contributed by atoms with E-state index in [0.717, 1.165) is 18.2 Å². The Balaban J connectivity index is 2.08. The third-order valence-electron chi connectivity index (χ3n) is 3.03. The second-order valence-corrected chi connectivity index (χ2v) is 4.86. The number of aliphatic hydroxyl groups excluding tert-OH is 1. The van der Waals surface area contributed by atoms with Gasteiger partial charge in [-0.05, 0) is 18.6 Å². The number of anilines is 1. The molecular formula is C13H14F4N2O3. The number of urea groups is 1. The van der Waals surface area contributed by atoms with Gasteiger partial charge in [-0.3, -0.25) is 0 Å². The number of hydrogen-bond acceptors (Lipinski definition) is 3. The number of hydrogen-bond donors (Lipinski definition) is 2. The fourth-order valence-electron chi connectivity index (χ4n) is 2.01. The molecule has 0 unspecified atom stereocenters. The first kappa shape index (κ1) is 16.3. The van der Waals surface area contributed by atoms with Crippen molar-refractivity contribution in [1.29, 1.82) is 0 Å². The predicted molar refractivity (Wildman–Crippen MR) is 69.2 cm³/mol. The zero-order chi connectivity index (χ0) is 16.3. The number of amides is 2. The topological polar surface area (TPSA) is 61.8 Å². The minimum Gasteiger partial charge on any atom is -0.482 e. The highest BCUT2D eigenvalue weighted by Crippen LogP contribution is 2.28. The van der Waals surface area contributed by atoms with Gasteiger partial charge in [0.25, 0.3) is 0 Å². The number of ether oxygens (including phenoxy) is 1. The molecule has 2 amide bonds. The fourth-order valence-corrected chi connectivity index (χ4v) is 2.01. The smallest absolute Gasteiger partial charge is 0.422 e. The molecule has 5 nitrogen and oxygen atoms in total. The van der Waals surface area contributed by atoms with E-state index in [4.69, 9.17) is 0 Å². The summed E-state index contributed by atoms with van der Waals surface area (Å²) in [7, 11) is 0. The Hall–Kier alpha value is -2.03. The maximum absolute atomic E-state index is 13.2. The molecule has 0 radical (unpaired) electrons. The fraction of sp³-hybridized carbons (Fsp3) is 0.462. The third-order valence-corrected chi connectivity index (χ3v) is 3.03. The molecule has 0 aromatic heterocycles. The number of alkyl halides is 3. The second-order valence-electron chi connectivity index (χ2n) is 4.86. The van der Waals surface area contributed by atoms with Crippen LogP contribution in [0, 0.1) is 5.82 Å². The van der Waals surface area contributed by atoms with Crippen LogP contribution < -0.4 is 10.1 Å². The molecule has 0 aliphatic carbocycles. The van der Waals surface area contributed by atoms with Crippen LogP contribution in [0.5, 0.6) is 5.75 Å². The third kappa shape index (κ3) is 4.48. The zero-order valence-electron chi connectivity index (χ0n) is 11.4. The van der Waals surface area contributed by atoms with Crippen LogP contribution in [0.4, 0.5) is 28.0 Å². The minimum absolute atomic E-state index is 0.111. The average molecular weight is 322 g/mol. The Labute approximate surface area is 123 Å². The molecule has 2 rings (SSSR count). The molecule has 22 heavy (non-hydrogen) atoms. The number of rotatable bonds is 3. The molecular weight excluding hydrogens is 308 g/mol. The van der Waals surface area contributed by atoms with Crippen LogP contribution in [0.25, 0.3) is 0 Å². The minimum atomic E-state index is -4.55. The van der Waals surface area contributed by atoms with Crippen molar-refractivity contribution < 1.29 is 32.2 Å². The summed E-state index contributed by atoms with van der Waals surface area (Å²) in [5.74, 6) is -1.01. The van der Waals surface area contributed by atoms with Crippen molar-refractivity contribution in [1.82, 2.24) is 4.90 Å². The first-order valence-corrected chi connectivity index (χ1v) is 6.48. The molecule has 9 heteroatoms. The molecule has 0 bridgehead atoms. The quantitative estimate of drug-likeness (QED) is 0.840. The SMILES string of the molecule is O=C(Nc1cc(F)ccc1OCC(F)(F)F)N1CC[C@H](O)C1. The lowest BCUT2D eigenvalue weighted by Gasteiger charge is -2.18. The van der Waals surface area contributed by atoms with Gasteiger partial charge in [0, 0.05) is 19.2 Å². The Morgan fingerprint density at radius 2 is 2.18 bits per heavy atom. The van der Waals surface area contributed by atoms with Crippen molar-refractivity contribution in [2.24, 2.45) is 0 Å². The monoisotopic (exact) mass is 322 g/mol. The number of nitrogens with zero attached hydrogens (tertiary/aromatic N) is 1. The summed E-state index contributed by atoms with van der Waals surface area (Å²) in [6, 6.07) is 2.17. The summed E-state index contributed by atoms with van der Waals surface area (Å²) in [6.07, 6.45) is -4.78. The van der Waals surface area contributed by atoms with E-state index in [1.54, 1.807) is 0 Å². The Kier molecular flexibility index (Phi) is 4.74. The summed E-state index contributed by atoms with van der Waals surface area (Å²) in [5, 5.41) is 11.6. The molecule has 1 aromatic carbocycles. The lowest BCUT2D eigenvalue weighted by atomic mass is 10.3. The molecule has 1 aliphatic rings. The van der Waals surface area contributed by atoms with E-state index in [9.17, 15) is 27.5 Å². The average Bonchev–Trinajstić information content (AvgIpc) is 2.83. The van der Waals surface area contributed by atoms with Crippen LogP contribution in [-0.4, -0.2) is 48.0 Å². The van der Waals surface area contributed by atoms with Crippen molar-refractivity contribution in [3.8, 4) is 5.75 Å². The van der Waals surface area contributed by atoms with E-state index in [0.29, 0.717) is 13.0 Å². The molecule has 1 fully saturated rings. The van der Waals surface area contributed by atoms with Gasteiger partial charge in [-0.15, -0.1) is 0 Å². The lowest BCUT2D eigenvalue weighted by Crippen LogP contribution is -2.33. The van der Waals surface area contributed by atoms with Crippen LogP contribution in [0.2, 0.25) is 0 Å². The first-order chi connectivity index (χ1) is 10.2. The van der Waals surface area contributed by atoms with Gasteiger partial charge in [0.2, 0.25) is 0 Å². The van der Waals surface area contributed by atoms with E-state index in [1.165, 1.54) is 4.90 Å². The molecule has 2 N–H and O–H groups in total. The molecule has 0 saturated carbocycles. The van der Waals surface area contributed by atoms with E-state index in [1.807, 2.05) is 0 Å². The van der Waals surface area contributed by atoms with E-state index in [-0.39, 0.29) is 18.0 Å². The lowest BCUT2D eigenvalue weighted by molar-refractivity contribution is -0.153. The largest absolute Gasteiger partial charge is 0.482 e. The zero-order valence-corrected chi connectivity index (χ0v) is 11.4. The summed E-state index contributed by atoms with van der Waals surface area (Å²) in [6.45, 7) is -1.13. The first-order valence-electron chi connectivity index (χ1n) is 6.48. The number of benzene rings is 1. The van der Waals surface area contributed by atoms with E-state index in [2.05, 4.69) is 10.1 Å². The summed E-state index contributed by atoms with van der Waals surface area (Å²) in [5.41, 5.74) is -0.198. The van der Waals surface area contributed by atoms with Crippen molar-refractivity contribution in [3.05, 3.63) is 24.0 Å². The summed E-state index contributed by atoms with van der Waals surface area (Å²) >= 11 is 0. The van der Waals surface area contributed by atoms with Crippen LogP contribution in [0.15, 0.2) is 18.2 Å². The maximum Gasteiger partial charge on any atom is 0.422 e. The number of likely N-dealkylation sites (tertiary alicyclic amines) is 1. The Morgan fingerprint density at radius 3 is 2.77 bits per heavy atom. The maximum atomic E-state index is 13.2. The normalized spacial score (nSPS) is 18.4. The van der Waals surface area contributed by atoms with Crippen LogP contribution in [-0.2, 0) is 0 Å². The van der Waals surface area contributed by atoms with Crippen LogP contribution in [0.1, 0.15) is 6.42 Å². The van der Waals surface area contributed by atoms with Gasteiger partial charge < -0.3 is 20.1 Å². The van der Waals surface area contributed by atoms with Gasteiger partial charge >= 0.3 is 12.2 Å². The summed E-state index contributed by atoms with van der Waals surface area (Å²) < 4.78 is 54.3. The van der Waals surface area contributed by atoms with Gasteiger partial charge in [-0.25, -0.2) is 9.18 Å². The second kappa shape index (κ2) is 6.39. The predicted octanol–water partition coefficient (Wildman–Crippen LogP) is 2.37. The summed E-state index contributed by atoms with van der Waals surface area (Å²) in [4.78, 5) is 13.2. The van der Waals surface area contributed by atoms with Crippen molar-refractivity contribution in [2.45, 2.75) is 18.7 Å². The highest BCUT2D eigenvalue weighted by molar-refractivity contribution is 5.91. The molecule has 0 spiro atoms. The van der Waals surface area contributed by atoms with Gasteiger partial charge in [-0.2, -0.15) is 13.2 Å².